The maximum atomic E-state index is 11.8. The molecule has 124 valence electrons. The Morgan fingerprint density at radius 1 is 1.45 bits per heavy atom. The van der Waals surface area contributed by atoms with Crippen LogP contribution in [0.1, 0.15) is 26.3 Å². The van der Waals surface area contributed by atoms with Crippen molar-refractivity contribution < 1.29 is 9.53 Å². The Kier molecular flexibility index (Phi) is 7.53. The molecule has 0 aromatic heterocycles. The van der Waals surface area contributed by atoms with Gasteiger partial charge in [-0.05, 0) is 23.1 Å². The van der Waals surface area contributed by atoms with E-state index in [1.807, 2.05) is 12.1 Å². The molecule has 1 aromatic rings. The molecule has 1 aliphatic heterocycles. The summed E-state index contributed by atoms with van der Waals surface area (Å²) in [4.78, 5) is 11.8. The summed E-state index contributed by atoms with van der Waals surface area (Å²) in [7, 11) is 0. The number of nitrogens with one attached hydrogen (secondary N) is 2. The Balaban J connectivity index is 0.00000242. The number of hydrogen-bond acceptors (Lipinski definition) is 4. The van der Waals surface area contributed by atoms with Crippen molar-refractivity contribution in [3.8, 4) is 5.75 Å². The fourth-order valence-corrected chi connectivity index (χ4v) is 3.02. The van der Waals surface area contributed by atoms with Gasteiger partial charge in [0.25, 0.3) is 0 Å². The van der Waals surface area contributed by atoms with E-state index in [-0.39, 0.29) is 29.8 Å². The normalized spacial score (nSPS) is 17.7. The second kappa shape index (κ2) is 8.65. The highest BCUT2D eigenvalue weighted by Crippen LogP contribution is 2.25. The molecule has 0 saturated carbocycles. The van der Waals surface area contributed by atoms with E-state index in [9.17, 15) is 4.79 Å². The Bertz CT molecular complexity index is 485. The summed E-state index contributed by atoms with van der Waals surface area (Å²) >= 11 is 1.75. The van der Waals surface area contributed by atoms with Crippen LogP contribution in [0.15, 0.2) is 24.3 Å². The summed E-state index contributed by atoms with van der Waals surface area (Å²) in [5.74, 6) is 2.62. The van der Waals surface area contributed by atoms with Gasteiger partial charge in [0.15, 0.2) is 0 Å². The van der Waals surface area contributed by atoms with Crippen molar-refractivity contribution >= 4 is 30.1 Å². The van der Waals surface area contributed by atoms with Crippen molar-refractivity contribution in [1.29, 1.82) is 0 Å². The first kappa shape index (κ1) is 19.1. The smallest absolute Gasteiger partial charge is 0.238 e. The molecule has 1 aromatic carbocycles. The highest BCUT2D eigenvalue weighted by atomic mass is 35.5. The van der Waals surface area contributed by atoms with Gasteiger partial charge in [0, 0.05) is 11.6 Å². The first-order chi connectivity index (χ1) is 9.97. The van der Waals surface area contributed by atoms with Crippen LogP contribution >= 0.6 is 24.2 Å². The first-order valence-corrected chi connectivity index (χ1v) is 8.44. The standard InChI is InChI=1S/C16H24N2O2S.ClH/c1-16(2,3)12-5-4-6-13(9-12)20-8-7-17-15(19)14-10-21-11-18-14;/h4-6,9,14,18H,7-8,10-11H2,1-3H3,(H,17,19);1H. The number of rotatable bonds is 5. The van der Waals surface area contributed by atoms with E-state index in [0.29, 0.717) is 13.2 Å². The minimum atomic E-state index is -0.0563. The molecule has 22 heavy (non-hydrogen) atoms. The van der Waals surface area contributed by atoms with E-state index < -0.39 is 0 Å². The molecule has 1 saturated heterocycles. The third kappa shape index (κ3) is 5.71. The Morgan fingerprint density at radius 2 is 2.23 bits per heavy atom. The number of hydrogen-bond donors (Lipinski definition) is 2. The molecule has 2 N–H and O–H groups in total. The number of carbonyl (C=O) groups excluding carboxylic acids is 1. The van der Waals surface area contributed by atoms with Gasteiger partial charge >= 0.3 is 0 Å². The van der Waals surface area contributed by atoms with Crippen LogP contribution in [0.2, 0.25) is 0 Å². The topological polar surface area (TPSA) is 50.4 Å². The monoisotopic (exact) mass is 344 g/mol. The van der Waals surface area contributed by atoms with E-state index in [1.165, 1.54) is 5.56 Å². The molecule has 6 heteroatoms. The number of halogens is 1. The molecular formula is C16H25ClN2O2S. The van der Waals surface area contributed by atoms with Crippen molar-refractivity contribution in [2.45, 2.75) is 32.2 Å². The van der Waals surface area contributed by atoms with Gasteiger partial charge in [0.2, 0.25) is 5.91 Å². The highest BCUT2D eigenvalue weighted by Gasteiger charge is 2.21. The third-order valence-corrected chi connectivity index (χ3v) is 4.34. The third-order valence-electron chi connectivity index (χ3n) is 3.40. The second-order valence-electron chi connectivity index (χ2n) is 6.19. The lowest BCUT2D eigenvalue weighted by Crippen LogP contribution is -2.43. The van der Waals surface area contributed by atoms with Crippen LogP contribution in [0.3, 0.4) is 0 Å². The molecular weight excluding hydrogens is 320 g/mol. The van der Waals surface area contributed by atoms with Gasteiger partial charge in [-0.25, -0.2) is 0 Å². The van der Waals surface area contributed by atoms with E-state index >= 15 is 0 Å². The SMILES string of the molecule is CC(C)(C)c1cccc(OCCNC(=O)C2CSCN2)c1.Cl. The first-order valence-electron chi connectivity index (χ1n) is 7.29. The Labute approximate surface area is 143 Å². The van der Waals surface area contributed by atoms with Gasteiger partial charge in [-0.3, -0.25) is 10.1 Å². The van der Waals surface area contributed by atoms with Crippen molar-refractivity contribution in [2.75, 3.05) is 24.8 Å². The Morgan fingerprint density at radius 3 is 2.86 bits per heavy atom. The molecule has 1 fully saturated rings. The van der Waals surface area contributed by atoms with E-state index in [1.54, 1.807) is 11.8 Å². The zero-order valence-corrected chi connectivity index (χ0v) is 15.0. The fourth-order valence-electron chi connectivity index (χ4n) is 2.08. The summed E-state index contributed by atoms with van der Waals surface area (Å²) in [5.41, 5.74) is 1.36. The van der Waals surface area contributed by atoms with Gasteiger partial charge < -0.3 is 10.1 Å². The summed E-state index contributed by atoms with van der Waals surface area (Å²) in [5, 5.41) is 6.05. The molecule has 1 aliphatic rings. The predicted octanol–water partition coefficient (Wildman–Crippen LogP) is 2.56. The van der Waals surface area contributed by atoms with Crippen molar-refractivity contribution in [1.82, 2.24) is 10.6 Å². The van der Waals surface area contributed by atoms with Gasteiger partial charge in [-0.2, -0.15) is 0 Å². The van der Waals surface area contributed by atoms with Crippen LogP contribution in [-0.2, 0) is 10.2 Å². The molecule has 1 amide bonds. The summed E-state index contributed by atoms with van der Waals surface area (Å²) in [6.45, 7) is 7.55. The zero-order chi connectivity index (χ0) is 15.3. The molecule has 1 heterocycles. The number of thioether (sulfide) groups is 1. The average Bonchev–Trinajstić information content (AvgIpc) is 2.97. The maximum absolute atomic E-state index is 11.8. The summed E-state index contributed by atoms with van der Waals surface area (Å²) in [6, 6.07) is 8.08. The van der Waals surface area contributed by atoms with Gasteiger partial charge in [-0.1, -0.05) is 32.9 Å². The van der Waals surface area contributed by atoms with E-state index in [4.69, 9.17) is 4.74 Å². The number of amides is 1. The van der Waals surface area contributed by atoms with Gasteiger partial charge in [0.1, 0.15) is 12.4 Å². The molecule has 0 spiro atoms. The van der Waals surface area contributed by atoms with E-state index in [2.05, 4.69) is 43.5 Å². The number of ether oxygens (including phenoxy) is 1. The second-order valence-corrected chi connectivity index (χ2v) is 7.22. The summed E-state index contributed by atoms with van der Waals surface area (Å²) in [6.07, 6.45) is 0. The molecule has 0 bridgehead atoms. The highest BCUT2D eigenvalue weighted by molar-refractivity contribution is 7.99. The zero-order valence-electron chi connectivity index (χ0n) is 13.3. The van der Waals surface area contributed by atoms with Crippen LogP contribution < -0.4 is 15.4 Å². The molecule has 0 radical (unpaired) electrons. The lowest BCUT2D eigenvalue weighted by atomic mass is 9.87. The lowest BCUT2D eigenvalue weighted by molar-refractivity contribution is -0.122. The predicted molar refractivity (Wildman–Crippen MR) is 95.1 cm³/mol. The van der Waals surface area contributed by atoms with Gasteiger partial charge in [-0.15, -0.1) is 24.2 Å². The fraction of sp³-hybridized carbons (Fsp3) is 0.562. The Hall–Kier alpha value is -0.910. The van der Waals surface area contributed by atoms with Crippen molar-refractivity contribution in [2.24, 2.45) is 0 Å². The quantitative estimate of drug-likeness (QED) is 0.806. The molecule has 4 nitrogen and oxygen atoms in total. The van der Waals surface area contributed by atoms with Crippen LogP contribution in [0, 0.1) is 0 Å². The van der Waals surface area contributed by atoms with E-state index in [0.717, 1.165) is 17.4 Å². The van der Waals surface area contributed by atoms with Crippen molar-refractivity contribution in [3.63, 3.8) is 0 Å². The number of carbonyl (C=O) groups is 1. The minimum absolute atomic E-state index is 0. The van der Waals surface area contributed by atoms with Crippen molar-refractivity contribution in [3.05, 3.63) is 29.8 Å². The number of benzene rings is 1. The van der Waals surface area contributed by atoms with Gasteiger partial charge in [0.05, 0.1) is 12.6 Å². The van der Waals surface area contributed by atoms with Crippen LogP contribution in [0.25, 0.3) is 0 Å². The molecule has 0 aliphatic carbocycles. The molecule has 1 unspecified atom stereocenters. The van der Waals surface area contributed by atoms with Crippen LogP contribution in [0.4, 0.5) is 0 Å². The van der Waals surface area contributed by atoms with Crippen LogP contribution in [-0.4, -0.2) is 36.7 Å². The molecule has 1 atom stereocenters. The average molecular weight is 345 g/mol. The summed E-state index contributed by atoms with van der Waals surface area (Å²) < 4.78 is 5.71. The minimum Gasteiger partial charge on any atom is -0.492 e. The lowest BCUT2D eigenvalue weighted by Gasteiger charge is -2.19. The largest absolute Gasteiger partial charge is 0.492 e. The van der Waals surface area contributed by atoms with Crippen LogP contribution in [0.5, 0.6) is 5.75 Å². The molecule has 2 rings (SSSR count). The maximum Gasteiger partial charge on any atom is 0.238 e.